The molecule has 2 heterocycles. The zero-order valence-electron chi connectivity index (χ0n) is 13.9. The van der Waals surface area contributed by atoms with Crippen LogP contribution >= 0.6 is 0 Å². The van der Waals surface area contributed by atoms with E-state index in [0.29, 0.717) is 5.92 Å². The fourth-order valence-electron chi connectivity index (χ4n) is 3.59. The molecule has 1 saturated heterocycles. The lowest BCUT2D eigenvalue weighted by Crippen LogP contribution is -2.43. The Morgan fingerprint density at radius 1 is 1.23 bits per heavy atom. The van der Waals surface area contributed by atoms with Crippen LogP contribution in [0.1, 0.15) is 25.3 Å². The summed E-state index contributed by atoms with van der Waals surface area (Å²) in [6.07, 6.45) is 3.85. The fourth-order valence-corrected chi connectivity index (χ4v) is 3.59. The van der Waals surface area contributed by atoms with E-state index in [4.69, 9.17) is 0 Å². The number of nitrogens with zero attached hydrogens (tertiary/aromatic N) is 3. The zero-order chi connectivity index (χ0) is 15.4. The van der Waals surface area contributed by atoms with Gasteiger partial charge in [0.1, 0.15) is 0 Å². The molecule has 1 fully saturated rings. The number of fused-ring (bicyclic) bond motifs is 1. The molecule has 0 spiro atoms. The molecule has 0 radical (unpaired) electrons. The molecule has 2 aliphatic rings. The lowest BCUT2D eigenvalue weighted by atomic mass is 10.1. The van der Waals surface area contributed by atoms with Crippen LogP contribution in [-0.2, 0) is 6.42 Å². The molecule has 0 aromatic heterocycles. The van der Waals surface area contributed by atoms with Crippen molar-refractivity contribution >= 4 is 11.6 Å². The van der Waals surface area contributed by atoms with Crippen molar-refractivity contribution in [2.24, 2.45) is 10.9 Å². The van der Waals surface area contributed by atoms with E-state index in [1.54, 1.807) is 0 Å². The van der Waals surface area contributed by atoms with Gasteiger partial charge in [-0.05, 0) is 49.9 Å². The van der Waals surface area contributed by atoms with E-state index in [2.05, 4.69) is 51.3 Å². The molecule has 4 heteroatoms. The summed E-state index contributed by atoms with van der Waals surface area (Å²) < 4.78 is 0. The third kappa shape index (κ3) is 3.43. The minimum atomic E-state index is 0.646. The quantitative estimate of drug-likeness (QED) is 0.684. The van der Waals surface area contributed by atoms with E-state index in [-0.39, 0.29) is 0 Å². The highest BCUT2D eigenvalue weighted by Crippen LogP contribution is 2.27. The van der Waals surface area contributed by atoms with Gasteiger partial charge in [-0.3, -0.25) is 4.99 Å². The number of benzene rings is 1. The van der Waals surface area contributed by atoms with Gasteiger partial charge < -0.3 is 15.1 Å². The molecule has 1 aromatic rings. The summed E-state index contributed by atoms with van der Waals surface area (Å²) in [7, 11) is 1.88. The van der Waals surface area contributed by atoms with Gasteiger partial charge in [-0.15, -0.1) is 0 Å². The second kappa shape index (κ2) is 7.14. The van der Waals surface area contributed by atoms with Gasteiger partial charge in [0.2, 0.25) is 0 Å². The second-order valence-corrected chi connectivity index (χ2v) is 6.57. The Bertz CT molecular complexity index is 520. The molecular formula is C18H28N4. The number of nitrogens with one attached hydrogen (secondary N) is 1. The van der Waals surface area contributed by atoms with Crippen molar-refractivity contribution in [3.05, 3.63) is 29.8 Å². The molecule has 0 saturated carbocycles. The fraction of sp³-hybridized carbons (Fsp3) is 0.611. The molecule has 22 heavy (non-hydrogen) atoms. The molecule has 1 unspecified atom stereocenters. The van der Waals surface area contributed by atoms with Crippen molar-refractivity contribution in [3.63, 3.8) is 0 Å². The third-order valence-electron chi connectivity index (χ3n) is 4.73. The lowest BCUT2D eigenvalue weighted by molar-refractivity contribution is 0.288. The Kier molecular flexibility index (Phi) is 4.98. The van der Waals surface area contributed by atoms with Crippen LogP contribution in [0.5, 0.6) is 0 Å². The number of aliphatic imine (C=N–C) groups is 1. The maximum absolute atomic E-state index is 4.49. The maximum atomic E-state index is 4.49. The molecule has 1 aromatic carbocycles. The molecule has 2 aliphatic heterocycles. The van der Waals surface area contributed by atoms with Crippen LogP contribution in [0.15, 0.2) is 29.3 Å². The zero-order valence-corrected chi connectivity index (χ0v) is 13.9. The predicted molar refractivity (Wildman–Crippen MR) is 93.7 cm³/mol. The highest BCUT2D eigenvalue weighted by Gasteiger charge is 2.23. The summed E-state index contributed by atoms with van der Waals surface area (Å²) in [6, 6.07) is 8.65. The topological polar surface area (TPSA) is 30.9 Å². The maximum Gasteiger partial charge on any atom is 0.198 e. The van der Waals surface area contributed by atoms with Crippen LogP contribution in [0, 0.1) is 5.92 Å². The predicted octanol–water partition coefficient (Wildman–Crippen LogP) is 2.36. The summed E-state index contributed by atoms with van der Waals surface area (Å²) in [6.45, 7) is 8.09. The molecule has 3 rings (SSSR count). The van der Waals surface area contributed by atoms with Gasteiger partial charge in [-0.25, -0.2) is 0 Å². The third-order valence-corrected chi connectivity index (χ3v) is 4.73. The van der Waals surface area contributed by atoms with Gasteiger partial charge in [-0.2, -0.15) is 0 Å². The Morgan fingerprint density at radius 3 is 2.77 bits per heavy atom. The van der Waals surface area contributed by atoms with Gasteiger partial charge in [0.15, 0.2) is 5.96 Å². The Balaban J connectivity index is 1.54. The number of rotatable bonds is 4. The minimum Gasteiger partial charge on any atom is -0.356 e. The number of hydrogen-bond acceptors (Lipinski definition) is 2. The van der Waals surface area contributed by atoms with Crippen molar-refractivity contribution in [3.8, 4) is 0 Å². The number of para-hydroxylation sites is 1. The average Bonchev–Trinajstić information content (AvgIpc) is 3.18. The van der Waals surface area contributed by atoms with Crippen LogP contribution in [-0.4, -0.2) is 50.6 Å². The molecule has 1 atom stereocenters. The Morgan fingerprint density at radius 2 is 2.00 bits per heavy atom. The van der Waals surface area contributed by atoms with Crippen molar-refractivity contribution < 1.29 is 0 Å². The van der Waals surface area contributed by atoms with Crippen molar-refractivity contribution in [1.82, 2.24) is 10.2 Å². The number of hydrogen-bond donors (Lipinski definition) is 1. The van der Waals surface area contributed by atoms with Crippen molar-refractivity contribution in [2.45, 2.75) is 26.2 Å². The van der Waals surface area contributed by atoms with Crippen LogP contribution in [0.25, 0.3) is 0 Å². The van der Waals surface area contributed by atoms with E-state index in [1.807, 2.05) is 7.05 Å². The molecular weight excluding hydrogens is 272 g/mol. The molecule has 120 valence electrons. The summed E-state index contributed by atoms with van der Waals surface area (Å²) >= 11 is 0. The van der Waals surface area contributed by atoms with E-state index in [1.165, 1.54) is 43.7 Å². The van der Waals surface area contributed by atoms with E-state index >= 15 is 0 Å². The Labute approximate surface area is 134 Å². The van der Waals surface area contributed by atoms with Gasteiger partial charge >= 0.3 is 0 Å². The van der Waals surface area contributed by atoms with Gasteiger partial charge in [0.05, 0.1) is 0 Å². The molecule has 0 amide bonds. The first-order chi connectivity index (χ1) is 10.8. The molecule has 0 bridgehead atoms. The largest absolute Gasteiger partial charge is 0.356 e. The first-order valence-electron chi connectivity index (χ1n) is 8.56. The summed E-state index contributed by atoms with van der Waals surface area (Å²) in [5, 5.41) is 3.58. The van der Waals surface area contributed by atoms with Gasteiger partial charge in [-0.1, -0.05) is 25.1 Å². The second-order valence-electron chi connectivity index (χ2n) is 6.57. The number of likely N-dealkylation sites (tertiary alicyclic amines) is 1. The summed E-state index contributed by atoms with van der Waals surface area (Å²) in [4.78, 5) is 9.39. The monoisotopic (exact) mass is 300 g/mol. The summed E-state index contributed by atoms with van der Waals surface area (Å²) in [5.41, 5.74) is 2.73. The number of anilines is 1. The lowest BCUT2D eigenvalue weighted by Gasteiger charge is -2.25. The normalized spacial score (nSPS) is 20.3. The van der Waals surface area contributed by atoms with E-state index < -0.39 is 0 Å². The SMILES string of the molecule is CN=C(NCC(C)CN1CCCC1)N1CCc2ccccc21. The van der Waals surface area contributed by atoms with E-state index in [0.717, 1.165) is 25.5 Å². The van der Waals surface area contributed by atoms with Gasteiger partial charge in [0, 0.05) is 32.4 Å². The van der Waals surface area contributed by atoms with E-state index in [9.17, 15) is 0 Å². The van der Waals surface area contributed by atoms with Crippen LogP contribution in [0.3, 0.4) is 0 Å². The average molecular weight is 300 g/mol. The number of guanidine groups is 1. The highest BCUT2D eigenvalue weighted by molar-refractivity contribution is 5.97. The van der Waals surface area contributed by atoms with Crippen molar-refractivity contribution in [2.75, 3.05) is 44.7 Å². The molecule has 4 nitrogen and oxygen atoms in total. The van der Waals surface area contributed by atoms with Gasteiger partial charge in [0.25, 0.3) is 0 Å². The van der Waals surface area contributed by atoms with Crippen LogP contribution < -0.4 is 10.2 Å². The first kappa shape index (κ1) is 15.3. The smallest absolute Gasteiger partial charge is 0.198 e. The Hall–Kier alpha value is -1.55. The van der Waals surface area contributed by atoms with Crippen LogP contribution in [0.4, 0.5) is 5.69 Å². The highest BCUT2D eigenvalue weighted by atomic mass is 15.3. The summed E-state index contributed by atoms with van der Waals surface area (Å²) in [5.74, 6) is 1.66. The first-order valence-corrected chi connectivity index (χ1v) is 8.56. The molecule has 0 aliphatic carbocycles. The minimum absolute atomic E-state index is 0.646. The standard InChI is InChI=1S/C18H28N4/c1-15(14-21-10-5-6-11-21)13-20-18(19-2)22-12-9-16-7-3-4-8-17(16)22/h3-4,7-8,15H,5-6,9-14H2,1-2H3,(H,19,20). The van der Waals surface area contributed by atoms with Crippen LogP contribution in [0.2, 0.25) is 0 Å². The molecule has 1 N–H and O–H groups in total. The van der Waals surface area contributed by atoms with Crippen molar-refractivity contribution in [1.29, 1.82) is 0 Å².